The minimum atomic E-state index is -0.115. The number of carbonyl (C=O) groups is 1. The monoisotopic (exact) mass is 191 g/mol. The van der Waals surface area contributed by atoms with Gasteiger partial charge in [-0.05, 0) is 43.8 Å². The number of allylic oxidation sites excluding steroid dienone is 3. The maximum atomic E-state index is 11.2. The smallest absolute Gasteiger partial charge is 0.291 e. The molecule has 0 unspecified atom stereocenters. The summed E-state index contributed by atoms with van der Waals surface area (Å²) in [4.78, 5) is 11.2. The number of fused-ring (bicyclic) bond motifs is 2. The van der Waals surface area contributed by atoms with Gasteiger partial charge in [0.25, 0.3) is 0 Å². The molecule has 4 heteroatoms. The minimum absolute atomic E-state index is 0.115. The lowest BCUT2D eigenvalue weighted by Crippen LogP contribution is -2.34. The van der Waals surface area contributed by atoms with Gasteiger partial charge in [0.1, 0.15) is 5.82 Å². The Kier molecular flexibility index (Phi) is 1.56. The van der Waals surface area contributed by atoms with Crippen molar-refractivity contribution in [2.24, 2.45) is 0 Å². The van der Waals surface area contributed by atoms with Crippen LogP contribution in [-0.2, 0) is 0 Å². The highest BCUT2D eigenvalue weighted by Gasteiger charge is 2.31. The second-order valence-electron chi connectivity index (χ2n) is 3.95. The molecule has 1 saturated heterocycles. The number of amides is 2. The molecule has 74 valence electrons. The van der Waals surface area contributed by atoms with Crippen molar-refractivity contribution < 1.29 is 4.79 Å². The lowest BCUT2D eigenvalue weighted by Gasteiger charge is -2.30. The van der Waals surface area contributed by atoms with Gasteiger partial charge in [-0.3, -0.25) is 5.32 Å². The molecule has 0 bridgehead atoms. The average Bonchev–Trinajstić information content (AvgIpc) is 2.59. The first-order chi connectivity index (χ1) is 6.84. The largest absolute Gasteiger partial charge is 0.339 e. The predicted octanol–water partition coefficient (Wildman–Crippen LogP) is 1.59. The van der Waals surface area contributed by atoms with Crippen molar-refractivity contribution in [3.05, 3.63) is 23.2 Å². The fraction of sp³-hybridized carbons (Fsp3) is 0.500. The summed E-state index contributed by atoms with van der Waals surface area (Å²) in [6.07, 6.45) is 7.89. The normalized spacial score (nSPS) is 25.0. The first kappa shape index (κ1) is 7.91. The summed E-state index contributed by atoms with van der Waals surface area (Å²) in [5, 5.41) is 4.71. The van der Waals surface area contributed by atoms with Crippen molar-refractivity contribution in [2.45, 2.75) is 32.1 Å². The third-order valence-corrected chi connectivity index (χ3v) is 3.06. The summed E-state index contributed by atoms with van der Waals surface area (Å²) in [6, 6.07) is -0.115. The number of carbonyl (C=O) groups excluding carboxylic acids is 1. The fourth-order valence-corrected chi connectivity index (χ4v) is 2.38. The van der Waals surface area contributed by atoms with Crippen LogP contribution >= 0.6 is 0 Å². The second-order valence-corrected chi connectivity index (χ2v) is 3.95. The zero-order chi connectivity index (χ0) is 9.54. The van der Waals surface area contributed by atoms with Crippen molar-refractivity contribution in [3.63, 3.8) is 0 Å². The molecule has 0 atom stereocenters. The number of hydrogen-bond acceptors (Lipinski definition) is 2. The Morgan fingerprint density at radius 3 is 3.07 bits per heavy atom. The quantitative estimate of drug-likeness (QED) is 0.610. The van der Waals surface area contributed by atoms with Gasteiger partial charge in [0.2, 0.25) is 0 Å². The van der Waals surface area contributed by atoms with E-state index in [1.165, 1.54) is 30.5 Å². The Morgan fingerprint density at radius 1 is 1.29 bits per heavy atom. The summed E-state index contributed by atoms with van der Waals surface area (Å²) >= 11 is 0. The van der Waals surface area contributed by atoms with Gasteiger partial charge in [-0.1, -0.05) is 0 Å². The van der Waals surface area contributed by atoms with Crippen LogP contribution in [0.4, 0.5) is 4.79 Å². The van der Waals surface area contributed by atoms with Gasteiger partial charge < -0.3 is 0 Å². The maximum Gasteiger partial charge on any atom is 0.339 e. The molecule has 1 aliphatic carbocycles. The number of nitrogens with one attached hydrogen (secondary N) is 2. The Labute approximate surface area is 82.6 Å². The average molecular weight is 191 g/mol. The predicted molar refractivity (Wildman–Crippen MR) is 51.7 cm³/mol. The van der Waals surface area contributed by atoms with Crippen LogP contribution in [0.25, 0.3) is 0 Å². The molecular formula is C10H13N3O. The molecular weight excluding hydrogens is 178 g/mol. The molecule has 1 fully saturated rings. The zero-order valence-electron chi connectivity index (χ0n) is 7.97. The molecule has 0 spiro atoms. The van der Waals surface area contributed by atoms with E-state index in [4.69, 9.17) is 0 Å². The van der Waals surface area contributed by atoms with Crippen LogP contribution in [0, 0.1) is 0 Å². The topological polar surface area (TPSA) is 44.4 Å². The maximum absolute atomic E-state index is 11.2. The van der Waals surface area contributed by atoms with Crippen LogP contribution in [0.5, 0.6) is 0 Å². The lowest BCUT2D eigenvalue weighted by molar-refractivity contribution is 0.237. The molecule has 0 aromatic carbocycles. The van der Waals surface area contributed by atoms with Gasteiger partial charge in [-0.2, -0.15) is 0 Å². The van der Waals surface area contributed by atoms with E-state index in [9.17, 15) is 4.79 Å². The number of hydrazine groups is 1. The third kappa shape index (κ3) is 1.03. The summed E-state index contributed by atoms with van der Waals surface area (Å²) < 4.78 is 0. The van der Waals surface area contributed by atoms with E-state index < -0.39 is 0 Å². The first-order valence-corrected chi connectivity index (χ1v) is 5.13. The molecule has 3 rings (SSSR count). The van der Waals surface area contributed by atoms with E-state index in [-0.39, 0.29) is 6.03 Å². The Hall–Kier alpha value is -1.45. The van der Waals surface area contributed by atoms with Gasteiger partial charge in [0, 0.05) is 5.70 Å². The molecule has 14 heavy (non-hydrogen) atoms. The fourth-order valence-electron chi connectivity index (χ4n) is 2.38. The van der Waals surface area contributed by atoms with E-state index >= 15 is 0 Å². The van der Waals surface area contributed by atoms with E-state index in [1.807, 2.05) is 5.01 Å². The SMILES string of the molecule is O=C1NC2=CCC3=C(CCCC3)N2N1. The van der Waals surface area contributed by atoms with Crippen molar-refractivity contribution >= 4 is 6.03 Å². The van der Waals surface area contributed by atoms with E-state index in [0.29, 0.717) is 0 Å². The van der Waals surface area contributed by atoms with Gasteiger partial charge in [0.05, 0.1) is 0 Å². The molecule has 2 heterocycles. The van der Waals surface area contributed by atoms with Crippen LogP contribution in [0.1, 0.15) is 32.1 Å². The highest BCUT2D eigenvalue weighted by atomic mass is 16.2. The van der Waals surface area contributed by atoms with Crippen molar-refractivity contribution in [2.75, 3.05) is 0 Å². The third-order valence-electron chi connectivity index (χ3n) is 3.06. The first-order valence-electron chi connectivity index (χ1n) is 5.13. The van der Waals surface area contributed by atoms with Gasteiger partial charge in [-0.25, -0.2) is 15.2 Å². The Morgan fingerprint density at radius 2 is 2.14 bits per heavy atom. The van der Waals surface area contributed by atoms with Crippen LogP contribution in [-0.4, -0.2) is 11.0 Å². The summed E-state index contributed by atoms with van der Waals surface area (Å²) in [7, 11) is 0. The molecule has 0 saturated carbocycles. The standard InChI is InChI=1S/C10H13N3O/c14-10-11-9-6-5-7-3-1-2-4-8(7)13(9)12-10/h6H,1-5H2,(H2,11,12,14). The highest BCUT2D eigenvalue weighted by molar-refractivity contribution is 5.78. The summed E-state index contributed by atoms with van der Waals surface area (Å²) in [5.74, 6) is 0.913. The Bertz CT molecular complexity index is 356. The molecule has 2 amide bonds. The van der Waals surface area contributed by atoms with Crippen molar-refractivity contribution in [3.8, 4) is 0 Å². The van der Waals surface area contributed by atoms with Gasteiger partial charge >= 0.3 is 6.03 Å². The van der Waals surface area contributed by atoms with Crippen molar-refractivity contribution in [1.29, 1.82) is 0 Å². The lowest BCUT2D eigenvalue weighted by atomic mass is 9.92. The molecule has 0 radical (unpaired) electrons. The van der Waals surface area contributed by atoms with Crippen LogP contribution in [0.2, 0.25) is 0 Å². The number of nitrogens with zero attached hydrogens (tertiary/aromatic N) is 1. The molecule has 0 aromatic heterocycles. The number of urea groups is 1. The second kappa shape index (κ2) is 2.77. The van der Waals surface area contributed by atoms with E-state index in [1.54, 1.807) is 0 Å². The van der Waals surface area contributed by atoms with E-state index in [2.05, 4.69) is 16.8 Å². The molecule has 2 N–H and O–H groups in total. The van der Waals surface area contributed by atoms with Crippen LogP contribution in [0.15, 0.2) is 23.2 Å². The number of rotatable bonds is 0. The molecule has 0 aromatic rings. The summed E-state index contributed by atoms with van der Waals surface area (Å²) in [5.41, 5.74) is 5.61. The molecule has 2 aliphatic heterocycles. The van der Waals surface area contributed by atoms with Gasteiger partial charge in [0.15, 0.2) is 0 Å². The van der Waals surface area contributed by atoms with E-state index in [0.717, 1.165) is 18.7 Å². The Balaban J connectivity index is 1.96. The zero-order valence-corrected chi connectivity index (χ0v) is 7.97. The molecule has 3 aliphatic rings. The highest BCUT2D eigenvalue weighted by Crippen LogP contribution is 2.34. The van der Waals surface area contributed by atoms with Crippen LogP contribution < -0.4 is 10.7 Å². The minimum Gasteiger partial charge on any atom is -0.291 e. The number of hydrogen-bond donors (Lipinski definition) is 2. The van der Waals surface area contributed by atoms with Gasteiger partial charge in [-0.15, -0.1) is 0 Å². The molecule has 4 nitrogen and oxygen atoms in total. The summed E-state index contributed by atoms with van der Waals surface area (Å²) in [6.45, 7) is 0. The van der Waals surface area contributed by atoms with Crippen LogP contribution in [0.3, 0.4) is 0 Å². The van der Waals surface area contributed by atoms with Crippen molar-refractivity contribution in [1.82, 2.24) is 15.8 Å².